The van der Waals surface area contributed by atoms with Gasteiger partial charge in [-0.2, -0.15) is 0 Å². The van der Waals surface area contributed by atoms with E-state index in [1.54, 1.807) is 18.3 Å². The molecule has 1 saturated carbocycles. The number of allylic oxidation sites excluding steroid dienone is 2. The molecule has 1 aliphatic carbocycles. The molecule has 0 unspecified atom stereocenters. The molecule has 0 spiro atoms. The van der Waals surface area contributed by atoms with Crippen molar-refractivity contribution in [3.63, 3.8) is 0 Å². The second kappa shape index (κ2) is 11.5. The number of nitrogens with zero attached hydrogens (tertiary/aromatic N) is 2. The van der Waals surface area contributed by atoms with E-state index in [9.17, 15) is 9.59 Å². The number of anilines is 2. The molecule has 2 fully saturated rings. The van der Waals surface area contributed by atoms with Crippen LogP contribution in [-0.2, 0) is 4.79 Å². The minimum Gasteiger partial charge on any atom is -0.399 e. The number of piperidine rings is 1. The summed E-state index contributed by atoms with van der Waals surface area (Å²) in [6.07, 6.45) is 12.5. The van der Waals surface area contributed by atoms with Gasteiger partial charge in [0.25, 0.3) is 5.91 Å². The number of carbonyl (C=O) groups is 2. The summed E-state index contributed by atoms with van der Waals surface area (Å²) in [7, 11) is 0. The first-order valence-electron chi connectivity index (χ1n) is 13.1. The molecule has 0 radical (unpaired) electrons. The highest BCUT2D eigenvalue weighted by molar-refractivity contribution is 6.03. The number of nitrogens with two attached hydrogens (primary N) is 1. The Morgan fingerprint density at radius 2 is 1.83 bits per heavy atom. The third-order valence-corrected chi connectivity index (χ3v) is 7.43. The van der Waals surface area contributed by atoms with Crippen molar-refractivity contribution >= 4 is 28.8 Å². The molecule has 2 aromatic rings. The first kappa shape index (κ1) is 25.0. The Morgan fingerprint density at radius 3 is 2.51 bits per heavy atom. The van der Waals surface area contributed by atoms with Gasteiger partial charge in [0.2, 0.25) is 5.91 Å². The highest BCUT2D eigenvalue weighted by Gasteiger charge is 2.31. The van der Waals surface area contributed by atoms with Crippen molar-refractivity contribution < 1.29 is 9.59 Å². The zero-order chi connectivity index (χ0) is 24.8. The quantitative estimate of drug-likeness (QED) is 0.528. The number of nitrogen functional groups attached to an aromatic ring is 1. The summed E-state index contributed by atoms with van der Waals surface area (Å²) < 4.78 is 0. The van der Waals surface area contributed by atoms with Crippen LogP contribution in [0.15, 0.2) is 42.6 Å². The first-order valence-corrected chi connectivity index (χ1v) is 13.1. The number of unbranched alkanes of at least 4 members (excludes halogenated alkanes) is 1. The van der Waals surface area contributed by atoms with Crippen LogP contribution in [0, 0.1) is 18.8 Å². The van der Waals surface area contributed by atoms with Crippen molar-refractivity contribution in [1.82, 2.24) is 9.88 Å². The average molecular weight is 475 g/mol. The van der Waals surface area contributed by atoms with Crippen LogP contribution < -0.4 is 11.1 Å². The fraction of sp³-hybridized carbons (Fsp3) is 0.483. The smallest absolute Gasteiger partial charge is 0.274 e. The van der Waals surface area contributed by atoms with Gasteiger partial charge in [0.05, 0.1) is 0 Å². The lowest BCUT2D eigenvalue weighted by Gasteiger charge is -2.35. The number of amides is 2. The van der Waals surface area contributed by atoms with E-state index in [0.717, 1.165) is 57.3 Å². The minimum atomic E-state index is -0.273. The molecule has 3 N–H and O–H groups in total. The van der Waals surface area contributed by atoms with E-state index in [-0.39, 0.29) is 11.8 Å². The second-order valence-corrected chi connectivity index (χ2v) is 9.99. The Kier molecular flexibility index (Phi) is 8.21. The lowest BCUT2D eigenvalue weighted by Crippen LogP contribution is -2.41. The molecule has 1 aromatic heterocycles. The van der Waals surface area contributed by atoms with Crippen molar-refractivity contribution in [2.45, 2.75) is 65.2 Å². The predicted octanol–water partition coefficient (Wildman–Crippen LogP) is 5.84. The van der Waals surface area contributed by atoms with Gasteiger partial charge in [-0.15, -0.1) is 0 Å². The van der Waals surface area contributed by atoms with Crippen molar-refractivity contribution in [2.24, 2.45) is 11.8 Å². The maximum absolute atomic E-state index is 12.9. The third-order valence-electron chi connectivity index (χ3n) is 7.43. The van der Waals surface area contributed by atoms with Crippen LogP contribution in [-0.4, -0.2) is 34.8 Å². The monoisotopic (exact) mass is 474 g/mol. The fourth-order valence-corrected chi connectivity index (χ4v) is 5.42. The molecule has 6 nitrogen and oxygen atoms in total. The number of aromatic nitrogens is 1. The van der Waals surface area contributed by atoms with Crippen LogP contribution in [0.1, 0.15) is 79.9 Å². The number of benzene rings is 1. The fourth-order valence-electron chi connectivity index (χ4n) is 5.42. The summed E-state index contributed by atoms with van der Waals surface area (Å²) in [5.41, 5.74) is 11.1. The zero-order valence-electron chi connectivity index (χ0n) is 21.1. The maximum atomic E-state index is 12.9. The summed E-state index contributed by atoms with van der Waals surface area (Å²) in [5.74, 6) is 0.758. The summed E-state index contributed by atoms with van der Waals surface area (Å²) >= 11 is 0. The molecular weight excluding hydrogens is 436 g/mol. The van der Waals surface area contributed by atoms with E-state index in [1.807, 2.05) is 6.07 Å². The molecule has 6 heteroatoms. The van der Waals surface area contributed by atoms with Gasteiger partial charge in [-0.3, -0.25) is 14.6 Å². The van der Waals surface area contributed by atoms with E-state index in [2.05, 4.69) is 47.3 Å². The number of hydrogen-bond donors (Lipinski definition) is 2. The van der Waals surface area contributed by atoms with Gasteiger partial charge < -0.3 is 16.0 Å². The Morgan fingerprint density at radius 1 is 1.09 bits per heavy atom. The Bertz CT molecular complexity index is 1080. The SMILES string of the molecule is CCCC=C(c1cc(NC(=O)c2cc(N)ccn2)ccc1C)C1CCN(C(=O)C2CCCC2)CC1. The number of nitrogens with one attached hydrogen (secondary N) is 1. The maximum Gasteiger partial charge on any atom is 0.274 e. The summed E-state index contributed by atoms with van der Waals surface area (Å²) in [6, 6.07) is 9.33. The van der Waals surface area contributed by atoms with E-state index in [4.69, 9.17) is 5.73 Å². The first-order chi connectivity index (χ1) is 17.0. The van der Waals surface area contributed by atoms with Crippen molar-refractivity contribution in [2.75, 3.05) is 24.1 Å². The molecule has 0 atom stereocenters. The van der Waals surface area contributed by atoms with E-state index >= 15 is 0 Å². The van der Waals surface area contributed by atoms with Crippen LogP contribution >= 0.6 is 0 Å². The van der Waals surface area contributed by atoms with Crippen LogP contribution in [0.3, 0.4) is 0 Å². The molecule has 2 amide bonds. The van der Waals surface area contributed by atoms with Gasteiger partial charge in [0.15, 0.2) is 0 Å². The number of rotatable bonds is 7. The highest BCUT2D eigenvalue weighted by Crippen LogP contribution is 2.36. The van der Waals surface area contributed by atoms with E-state index in [1.165, 1.54) is 29.5 Å². The summed E-state index contributed by atoms with van der Waals surface area (Å²) in [6.45, 7) is 5.98. The molecule has 1 saturated heterocycles. The normalized spacial score (nSPS) is 17.5. The number of aryl methyl sites for hydroxylation is 1. The molecule has 2 heterocycles. The van der Waals surface area contributed by atoms with Gasteiger partial charge in [-0.25, -0.2) is 0 Å². The molecule has 1 aromatic carbocycles. The van der Waals surface area contributed by atoms with Gasteiger partial charge in [-0.05, 0) is 85.9 Å². The lowest BCUT2D eigenvalue weighted by atomic mass is 9.82. The summed E-state index contributed by atoms with van der Waals surface area (Å²) in [5, 5.41) is 2.98. The lowest BCUT2D eigenvalue weighted by molar-refractivity contribution is -0.136. The molecule has 2 aliphatic rings. The molecule has 1 aliphatic heterocycles. The predicted molar refractivity (Wildman–Crippen MR) is 142 cm³/mol. The van der Waals surface area contributed by atoms with Gasteiger partial charge in [0.1, 0.15) is 5.69 Å². The molecule has 35 heavy (non-hydrogen) atoms. The molecular formula is C29H38N4O2. The summed E-state index contributed by atoms with van der Waals surface area (Å²) in [4.78, 5) is 31.9. The van der Waals surface area contributed by atoms with Crippen LogP contribution in [0.5, 0.6) is 0 Å². The highest BCUT2D eigenvalue weighted by atomic mass is 16.2. The average Bonchev–Trinajstić information content (AvgIpc) is 3.41. The number of carbonyl (C=O) groups excluding carboxylic acids is 2. The van der Waals surface area contributed by atoms with Crippen LogP contribution in [0.2, 0.25) is 0 Å². The zero-order valence-corrected chi connectivity index (χ0v) is 21.1. The van der Waals surface area contributed by atoms with E-state index < -0.39 is 0 Å². The number of hydrogen-bond acceptors (Lipinski definition) is 4. The van der Waals surface area contributed by atoms with Crippen molar-refractivity contribution in [3.8, 4) is 0 Å². The third kappa shape index (κ3) is 6.11. The van der Waals surface area contributed by atoms with Gasteiger partial charge in [-0.1, -0.05) is 38.3 Å². The molecule has 0 bridgehead atoms. The topological polar surface area (TPSA) is 88.3 Å². The standard InChI is InChI=1S/C29H38N4O2/c1-3-4-9-25(21-13-16-33(17-14-21)29(35)22-7-5-6-8-22)26-19-24(11-10-20(26)2)32-28(34)27-18-23(30)12-15-31-27/h9-12,15,18-19,21-22H,3-8,13-14,16-17H2,1-2H3,(H2,30,31)(H,32,34). The Balaban J connectivity index is 1.50. The van der Waals surface area contributed by atoms with Crippen LogP contribution in [0.25, 0.3) is 5.57 Å². The largest absolute Gasteiger partial charge is 0.399 e. The van der Waals surface area contributed by atoms with E-state index in [0.29, 0.717) is 23.2 Å². The van der Waals surface area contributed by atoms with Gasteiger partial charge in [0, 0.05) is 36.6 Å². The number of pyridine rings is 1. The van der Waals surface area contributed by atoms with Crippen molar-refractivity contribution in [1.29, 1.82) is 0 Å². The molecule has 4 rings (SSSR count). The Hall–Kier alpha value is -3.15. The number of likely N-dealkylation sites (tertiary alicyclic amines) is 1. The minimum absolute atomic E-state index is 0.249. The molecule has 186 valence electrons. The van der Waals surface area contributed by atoms with Crippen molar-refractivity contribution in [3.05, 3.63) is 59.4 Å². The van der Waals surface area contributed by atoms with Gasteiger partial charge >= 0.3 is 0 Å². The Labute approximate surface area is 209 Å². The van der Waals surface area contributed by atoms with Crippen LogP contribution in [0.4, 0.5) is 11.4 Å². The second-order valence-electron chi connectivity index (χ2n) is 9.99.